The SMILES string of the molecule is Cc1nn(C(C)C)c(NCCCO)c1N. The van der Waals surface area contributed by atoms with E-state index in [4.69, 9.17) is 10.8 Å². The molecule has 86 valence electrons. The topological polar surface area (TPSA) is 76.1 Å². The van der Waals surface area contributed by atoms with Crippen LogP contribution in [0.4, 0.5) is 11.5 Å². The minimum Gasteiger partial charge on any atom is -0.396 e. The minimum absolute atomic E-state index is 0.182. The van der Waals surface area contributed by atoms with Gasteiger partial charge in [-0.25, -0.2) is 4.68 Å². The number of aromatic nitrogens is 2. The molecule has 0 aliphatic rings. The number of aliphatic hydroxyl groups excluding tert-OH is 1. The van der Waals surface area contributed by atoms with Crippen molar-refractivity contribution in [2.75, 3.05) is 24.2 Å². The van der Waals surface area contributed by atoms with E-state index < -0.39 is 0 Å². The maximum atomic E-state index is 8.70. The Morgan fingerprint density at radius 2 is 2.20 bits per heavy atom. The summed E-state index contributed by atoms with van der Waals surface area (Å²) in [6.07, 6.45) is 0.710. The molecule has 1 aromatic rings. The van der Waals surface area contributed by atoms with Gasteiger partial charge in [-0.15, -0.1) is 0 Å². The van der Waals surface area contributed by atoms with Crippen molar-refractivity contribution in [2.24, 2.45) is 0 Å². The Morgan fingerprint density at radius 3 is 2.73 bits per heavy atom. The van der Waals surface area contributed by atoms with Crippen molar-refractivity contribution in [1.29, 1.82) is 0 Å². The molecule has 0 atom stereocenters. The molecule has 1 aromatic heterocycles. The highest BCUT2D eigenvalue weighted by Gasteiger charge is 2.13. The summed E-state index contributed by atoms with van der Waals surface area (Å²) >= 11 is 0. The lowest BCUT2D eigenvalue weighted by molar-refractivity contribution is 0.292. The Kier molecular flexibility index (Phi) is 3.96. The standard InChI is InChI=1S/C10H20N4O/c1-7(2)14-10(12-5-4-6-15)9(11)8(3)13-14/h7,12,15H,4-6,11H2,1-3H3. The normalized spacial score (nSPS) is 11.0. The molecular formula is C10H20N4O. The number of hydrogen-bond donors (Lipinski definition) is 3. The molecule has 0 saturated carbocycles. The van der Waals surface area contributed by atoms with Crippen molar-refractivity contribution in [3.63, 3.8) is 0 Å². The Morgan fingerprint density at radius 1 is 1.53 bits per heavy atom. The van der Waals surface area contributed by atoms with Gasteiger partial charge < -0.3 is 16.2 Å². The minimum atomic E-state index is 0.182. The summed E-state index contributed by atoms with van der Waals surface area (Å²) in [6.45, 7) is 6.90. The van der Waals surface area contributed by atoms with Gasteiger partial charge in [0.2, 0.25) is 0 Å². The summed E-state index contributed by atoms with van der Waals surface area (Å²) in [6, 6.07) is 0.276. The first-order valence-corrected chi connectivity index (χ1v) is 5.27. The van der Waals surface area contributed by atoms with E-state index in [9.17, 15) is 0 Å². The van der Waals surface area contributed by atoms with Crippen LogP contribution in [0, 0.1) is 6.92 Å². The van der Waals surface area contributed by atoms with Crippen molar-refractivity contribution in [2.45, 2.75) is 33.2 Å². The van der Waals surface area contributed by atoms with Gasteiger partial charge >= 0.3 is 0 Å². The summed E-state index contributed by atoms with van der Waals surface area (Å²) in [4.78, 5) is 0. The van der Waals surface area contributed by atoms with Crippen LogP contribution >= 0.6 is 0 Å². The molecule has 0 radical (unpaired) electrons. The van der Waals surface area contributed by atoms with Gasteiger partial charge in [-0.2, -0.15) is 5.10 Å². The molecule has 0 aliphatic carbocycles. The maximum absolute atomic E-state index is 8.70. The second-order valence-electron chi connectivity index (χ2n) is 3.89. The summed E-state index contributed by atoms with van der Waals surface area (Å²) in [5, 5.41) is 16.3. The van der Waals surface area contributed by atoms with E-state index >= 15 is 0 Å². The van der Waals surface area contributed by atoms with Crippen molar-refractivity contribution in [3.05, 3.63) is 5.69 Å². The zero-order valence-electron chi connectivity index (χ0n) is 9.62. The first kappa shape index (κ1) is 11.8. The maximum Gasteiger partial charge on any atom is 0.148 e. The second-order valence-corrected chi connectivity index (χ2v) is 3.89. The number of nitrogens with zero attached hydrogens (tertiary/aromatic N) is 2. The lowest BCUT2D eigenvalue weighted by Crippen LogP contribution is -2.12. The Balaban J connectivity index is 2.83. The highest BCUT2D eigenvalue weighted by Crippen LogP contribution is 2.25. The molecule has 0 fully saturated rings. The Hall–Kier alpha value is -1.23. The van der Waals surface area contributed by atoms with Gasteiger partial charge in [0, 0.05) is 19.2 Å². The number of aryl methyl sites for hydroxylation is 1. The van der Waals surface area contributed by atoms with Gasteiger partial charge in [-0.05, 0) is 27.2 Å². The van der Waals surface area contributed by atoms with Gasteiger partial charge in [0.25, 0.3) is 0 Å². The van der Waals surface area contributed by atoms with Gasteiger partial charge in [-0.3, -0.25) is 0 Å². The monoisotopic (exact) mass is 212 g/mol. The lowest BCUT2D eigenvalue weighted by Gasteiger charge is -2.12. The van der Waals surface area contributed by atoms with Gasteiger partial charge in [0.15, 0.2) is 0 Å². The third-order valence-corrected chi connectivity index (χ3v) is 2.25. The third kappa shape index (κ3) is 2.62. The number of hydrogen-bond acceptors (Lipinski definition) is 4. The van der Waals surface area contributed by atoms with Crippen LogP contribution in [-0.4, -0.2) is 28.0 Å². The zero-order chi connectivity index (χ0) is 11.4. The van der Waals surface area contributed by atoms with Crippen molar-refractivity contribution in [1.82, 2.24) is 9.78 Å². The third-order valence-electron chi connectivity index (χ3n) is 2.25. The Labute approximate surface area is 90.3 Å². The molecule has 0 aromatic carbocycles. The highest BCUT2D eigenvalue weighted by atomic mass is 16.3. The average molecular weight is 212 g/mol. The van der Waals surface area contributed by atoms with Crippen molar-refractivity contribution in [3.8, 4) is 0 Å². The zero-order valence-corrected chi connectivity index (χ0v) is 9.62. The summed E-state index contributed by atoms with van der Waals surface area (Å²) in [5.74, 6) is 0.857. The van der Waals surface area contributed by atoms with E-state index in [0.717, 1.165) is 11.5 Å². The summed E-state index contributed by atoms with van der Waals surface area (Å²) in [5.41, 5.74) is 7.45. The van der Waals surface area contributed by atoms with Crippen LogP contribution in [0.15, 0.2) is 0 Å². The number of nitrogens with one attached hydrogen (secondary N) is 1. The van der Waals surface area contributed by atoms with Crippen LogP contribution in [0.3, 0.4) is 0 Å². The predicted octanol–water partition coefficient (Wildman–Crippen LogP) is 1.15. The van der Waals surface area contributed by atoms with Crippen molar-refractivity contribution < 1.29 is 5.11 Å². The fourth-order valence-corrected chi connectivity index (χ4v) is 1.40. The van der Waals surface area contributed by atoms with Crippen molar-refractivity contribution >= 4 is 11.5 Å². The first-order valence-electron chi connectivity index (χ1n) is 5.27. The van der Waals surface area contributed by atoms with Crippen LogP contribution in [0.5, 0.6) is 0 Å². The molecule has 0 saturated heterocycles. The number of anilines is 2. The molecule has 15 heavy (non-hydrogen) atoms. The molecule has 5 heteroatoms. The molecule has 0 spiro atoms. The molecule has 4 N–H and O–H groups in total. The predicted molar refractivity (Wildman–Crippen MR) is 62.0 cm³/mol. The van der Waals surface area contributed by atoms with E-state index in [2.05, 4.69) is 24.3 Å². The molecule has 0 amide bonds. The molecule has 5 nitrogen and oxygen atoms in total. The lowest BCUT2D eigenvalue weighted by atomic mass is 10.3. The number of nitrogen functional groups attached to an aromatic ring is 1. The van der Waals surface area contributed by atoms with Gasteiger partial charge in [0.05, 0.1) is 11.4 Å². The van der Waals surface area contributed by atoms with E-state index in [1.165, 1.54) is 0 Å². The quantitative estimate of drug-likeness (QED) is 0.640. The van der Waals surface area contributed by atoms with Crippen LogP contribution in [0.25, 0.3) is 0 Å². The summed E-state index contributed by atoms with van der Waals surface area (Å²) in [7, 11) is 0. The average Bonchev–Trinajstić information content (AvgIpc) is 2.46. The highest BCUT2D eigenvalue weighted by molar-refractivity contribution is 5.64. The molecule has 0 aliphatic heterocycles. The van der Waals surface area contributed by atoms with E-state index in [1.54, 1.807) is 0 Å². The van der Waals surface area contributed by atoms with Crippen LogP contribution in [0.1, 0.15) is 32.0 Å². The second kappa shape index (κ2) is 5.02. The number of rotatable bonds is 5. The smallest absolute Gasteiger partial charge is 0.148 e. The molecular weight excluding hydrogens is 192 g/mol. The van der Waals surface area contributed by atoms with E-state index in [0.29, 0.717) is 18.7 Å². The molecule has 0 unspecified atom stereocenters. The fourth-order valence-electron chi connectivity index (χ4n) is 1.40. The van der Waals surface area contributed by atoms with Gasteiger partial charge in [-0.1, -0.05) is 0 Å². The summed E-state index contributed by atoms with van der Waals surface area (Å²) < 4.78 is 1.88. The largest absolute Gasteiger partial charge is 0.396 e. The number of nitrogens with two attached hydrogens (primary N) is 1. The van der Waals surface area contributed by atoms with Crippen LogP contribution in [0.2, 0.25) is 0 Å². The molecule has 0 bridgehead atoms. The first-order chi connectivity index (χ1) is 7.07. The number of aliphatic hydroxyl groups is 1. The van der Waals surface area contributed by atoms with Gasteiger partial charge in [0.1, 0.15) is 5.82 Å². The Bertz CT molecular complexity index is 319. The van der Waals surface area contributed by atoms with E-state index in [-0.39, 0.29) is 12.6 Å². The van der Waals surface area contributed by atoms with E-state index in [1.807, 2.05) is 11.6 Å². The molecule has 1 heterocycles. The van der Waals surface area contributed by atoms with Crippen LogP contribution < -0.4 is 11.1 Å². The molecule has 1 rings (SSSR count). The fraction of sp³-hybridized carbons (Fsp3) is 0.700. The van der Waals surface area contributed by atoms with Crippen LogP contribution in [-0.2, 0) is 0 Å².